The average Bonchev–Trinajstić information content (AvgIpc) is 3.08. The highest BCUT2D eigenvalue weighted by Crippen LogP contribution is 2.26. The second-order valence-corrected chi connectivity index (χ2v) is 7.09. The van der Waals surface area contributed by atoms with Crippen molar-refractivity contribution in [2.45, 2.75) is 13.3 Å². The zero-order chi connectivity index (χ0) is 17.2. The predicted octanol–water partition coefficient (Wildman–Crippen LogP) is 1.86. The van der Waals surface area contributed by atoms with Gasteiger partial charge < -0.3 is 9.64 Å². The lowest BCUT2D eigenvalue weighted by atomic mass is 10.1. The number of hydrogen-bond acceptors (Lipinski definition) is 7. The summed E-state index contributed by atoms with van der Waals surface area (Å²) in [6, 6.07) is 7.84. The molecule has 1 saturated heterocycles. The Bertz CT molecular complexity index is 920. The molecular formula is C17H17N5O2S. The zero-order valence-corrected chi connectivity index (χ0v) is 14.6. The molecule has 8 heteroatoms. The summed E-state index contributed by atoms with van der Waals surface area (Å²) in [5.74, 6) is 0.0628. The maximum absolute atomic E-state index is 12.4. The number of aryl methyl sites for hydroxylation is 1. The number of rotatable bonds is 3. The molecule has 0 aliphatic carbocycles. The van der Waals surface area contributed by atoms with Crippen LogP contribution in [0.15, 0.2) is 24.3 Å². The van der Waals surface area contributed by atoms with Gasteiger partial charge in [0.15, 0.2) is 0 Å². The van der Waals surface area contributed by atoms with Gasteiger partial charge in [-0.2, -0.15) is 10.2 Å². The van der Waals surface area contributed by atoms with E-state index in [1.807, 2.05) is 36.1 Å². The summed E-state index contributed by atoms with van der Waals surface area (Å²) < 4.78 is 5.28. The Labute approximate surface area is 148 Å². The second-order valence-electron chi connectivity index (χ2n) is 5.91. The number of hydrogen-bond donors (Lipinski definition) is 0. The molecule has 3 aromatic rings. The zero-order valence-electron chi connectivity index (χ0n) is 13.8. The summed E-state index contributed by atoms with van der Waals surface area (Å²) >= 11 is 1.55. The summed E-state index contributed by atoms with van der Waals surface area (Å²) in [6.45, 7) is 4.41. The van der Waals surface area contributed by atoms with Crippen molar-refractivity contribution >= 4 is 28.1 Å². The normalized spacial score (nSPS) is 14.8. The topological polar surface area (TPSA) is 81.1 Å². The summed E-state index contributed by atoms with van der Waals surface area (Å²) in [6.07, 6.45) is 0.255. The fourth-order valence-electron chi connectivity index (χ4n) is 2.80. The van der Waals surface area contributed by atoms with Crippen molar-refractivity contribution < 1.29 is 9.53 Å². The predicted molar refractivity (Wildman–Crippen MR) is 94.3 cm³/mol. The number of carbonyl (C=O) groups excluding carboxylic acids is 1. The number of amides is 1. The SMILES string of the molecule is Cc1nnc(-c2ccc3nnc(CC(=O)N4CCOCC4)cc3c2)s1. The van der Waals surface area contributed by atoms with Crippen LogP contribution in [0.3, 0.4) is 0 Å². The van der Waals surface area contributed by atoms with Crippen LogP contribution in [0.4, 0.5) is 0 Å². The maximum Gasteiger partial charge on any atom is 0.228 e. The maximum atomic E-state index is 12.4. The minimum atomic E-state index is 0.0628. The van der Waals surface area contributed by atoms with Gasteiger partial charge in [0.2, 0.25) is 5.91 Å². The monoisotopic (exact) mass is 355 g/mol. The largest absolute Gasteiger partial charge is 0.378 e. The van der Waals surface area contributed by atoms with E-state index in [-0.39, 0.29) is 12.3 Å². The molecule has 1 amide bonds. The second kappa shape index (κ2) is 6.81. The molecule has 1 aromatic carbocycles. The van der Waals surface area contributed by atoms with E-state index in [2.05, 4.69) is 20.4 Å². The van der Waals surface area contributed by atoms with E-state index in [0.717, 1.165) is 26.5 Å². The van der Waals surface area contributed by atoms with E-state index in [4.69, 9.17) is 4.74 Å². The smallest absolute Gasteiger partial charge is 0.228 e. The molecule has 2 aromatic heterocycles. The van der Waals surface area contributed by atoms with Crippen LogP contribution >= 0.6 is 11.3 Å². The first kappa shape index (κ1) is 16.0. The Hall–Kier alpha value is -2.45. The molecule has 0 atom stereocenters. The van der Waals surface area contributed by atoms with E-state index in [1.165, 1.54) is 0 Å². The molecule has 0 radical (unpaired) electrons. The highest BCUT2D eigenvalue weighted by Gasteiger charge is 2.18. The highest BCUT2D eigenvalue weighted by atomic mass is 32.1. The number of benzene rings is 1. The van der Waals surface area contributed by atoms with Gasteiger partial charge in [-0.05, 0) is 31.2 Å². The van der Waals surface area contributed by atoms with E-state index >= 15 is 0 Å². The van der Waals surface area contributed by atoms with Crippen LogP contribution in [0, 0.1) is 6.92 Å². The molecule has 25 heavy (non-hydrogen) atoms. The number of aromatic nitrogens is 4. The van der Waals surface area contributed by atoms with Crippen LogP contribution in [-0.2, 0) is 16.0 Å². The number of fused-ring (bicyclic) bond motifs is 1. The van der Waals surface area contributed by atoms with Crippen LogP contribution in [0.25, 0.3) is 21.5 Å². The first-order valence-electron chi connectivity index (χ1n) is 8.11. The molecule has 7 nitrogen and oxygen atoms in total. The Morgan fingerprint density at radius 2 is 2.00 bits per heavy atom. The van der Waals surface area contributed by atoms with Crippen LogP contribution in [0.5, 0.6) is 0 Å². The van der Waals surface area contributed by atoms with Gasteiger partial charge in [-0.1, -0.05) is 11.3 Å². The molecule has 0 spiro atoms. The third kappa shape index (κ3) is 3.49. The van der Waals surface area contributed by atoms with Crippen molar-refractivity contribution in [1.29, 1.82) is 0 Å². The summed E-state index contributed by atoms with van der Waals surface area (Å²) in [5, 5.41) is 19.4. The van der Waals surface area contributed by atoms with Gasteiger partial charge >= 0.3 is 0 Å². The lowest BCUT2D eigenvalue weighted by Crippen LogP contribution is -2.41. The minimum Gasteiger partial charge on any atom is -0.378 e. The third-order valence-electron chi connectivity index (χ3n) is 4.10. The average molecular weight is 355 g/mol. The van der Waals surface area contributed by atoms with E-state index < -0.39 is 0 Å². The summed E-state index contributed by atoms with van der Waals surface area (Å²) in [5.41, 5.74) is 2.47. The van der Waals surface area contributed by atoms with E-state index in [1.54, 1.807) is 11.3 Å². The van der Waals surface area contributed by atoms with Crippen molar-refractivity contribution in [3.8, 4) is 10.6 Å². The quantitative estimate of drug-likeness (QED) is 0.713. The molecule has 1 fully saturated rings. The molecule has 128 valence electrons. The Balaban J connectivity index is 1.59. The number of morpholine rings is 1. The van der Waals surface area contributed by atoms with Crippen molar-refractivity contribution in [2.75, 3.05) is 26.3 Å². The fourth-order valence-corrected chi connectivity index (χ4v) is 3.49. The van der Waals surface area contributed by atoms with Gasteiger partial charge in [0.25, 0.3) is 0 Å². The molecule has 0 unspecified atom stereocenters. The molecular weight excluding hydrogens is 338 g/mol. The number of ether oxygens (including phenoxy) is 1. The fraction of sp³-hybridized carbons (Fsp3) is 0.353. The Morgan fingerprint density at radius 3 is 2.76 bits per heavy atom. The summed E-state index contributed by atoms with van der Waals surface area (Å²) in [4.78, 5) is 14.2. The van der Waals surface area contributed by atoms with Crippen LogP contribution in [-0.4, -0.2) is 57.5 Å². The van der Waals surface area contributed by atoms with Crippen molar-refractivity contribution in [3.05, 3.63) is 35.0 Å². The van der Waals surface area contributed by atoms with E-state index in [0.29, 0.717) is 32.0 Å². The Kier molecular flexibility index (Phi) is 4.37. The van der Waals surface area contributed by atoms with Gasteiger partial charge in [-0.15, -0.1) is 10.2 Å². The van der Waals surface area contributed by atoms with Gasteiger partial charge in [-0.3, -0.25) is 4.79 Å². The van der Waals surface area contributed by atoms with Gasteiger partial charge in [-0.25, -0.2) is 0 Å². The molecule has 0 bridgehead atoms. The number of nitrogens with zero attached hydrogens (tertiary/aromatic N) is 5. The highest BCUT2D eigenvalue weighted by molar-refractivity contribution is 7.14. The van der Waals surface area contributed by atoms with Crippen molar-refractivity contribution in [2.24, 2.45) is 0 Å². The van der Waals surface area contributed by atoms with Gasteiger partial charge in [0.1, 0.15) is 10.0 Å². The van der Waals surface area contributed by atoms with Crippen LogP contribution in [0.2, 0.25) is 0 Å². The van der Waals surface area contributed by atoms with Crippen LogP contribution < -0.4 is 0 Å². The lowest BCUT2D eigenvalue weighted by Gasteiger charge is -2.26. The van der Waals surface area contributed by atoms with Gasteiger partial charge in [0, 0.05) is 24.0 Å². The third-order valence-corrected chi connectivity index (χ3v) is 4.99. The lowest BCUT2D eigenvalue weighted by molar-refractivity contribution is -0.134. The number of carbonyl (C=O) groups is 1. The first-order valence-corrected chi connectivity index (χ1v) is 8.93. The molecule has 0 N–H and O–H groups in total. The molecule has 0 saturated carbocycles. The summed E-state index contributed by atoms with van der Waals surface area (Å²) in [7, 11) is 0. The molecule has 4 rings (SSSR count). The molecule has 1 aliphatic rings. The van der Waals surface area contributed by atoms with E-state index in [9.17, 15) is 4.79 Å². The molecule has 1 aliphatic heterocycles. The Morgan fingerprint density at radius 1 is 1.16 bits per heavy atom. The van der Waals surface area contributed by atoms with Gasteiger partial charge in [0.05, 0.1) is 30.8 Å². The van der Waals surface area contributed by atoms with Crippen molar-refractivity contribution in [1.82, 2.24) is 25.3 Å². The van der Waals surface area contributed by atoms with Crippen LogP contribution in [0.1, 0.15) is 10.7 Å². The van der Waals surface area contributed by atoms with Crippen molar-refractivity contribution in [3.63, 3.8) is 0 Å². The standard InChI is InChI=1S/C17H17N5O2S/c1-11-18-21-17(25-11)12-2-3-15-13(8-12)9-14(19-20-15)10-16(23)22-4-6-24-7-5-22/h2-3,8-9H,4-7,10H2,1H3. The minimum absolute atomic E-state index is 0.0628. The molecule has 3 heterocycles. The first-order chi connectivity index (χ1) is 12.2.